The van der Waals surface area contributed by atoms with Crippen LogP contribution < -0.4 is 9.62 Å². The molecule has 0 spiro atoms. The first kappa shape index (κ1) is 32.4. The number of aliphatic imine (C=N–C) groups is 1. The molecular formula is C32H48N4S. The molecule has 3 aromatic rings. The summed E-state index contributed by atoms with van der Waals surface area (Å²) in [7, 11) is 2.07. The molecule has 0 amide bonds. The van der Waals surface area contributed by atoms with Gasteiger partial charge in [0, 0.05) is 26.3 Å². The molecule has 1 aromatic heterocycles. The summed E-state index contributed by atoms with van der Waals surface area (Å²) in [6, 6.07) is 21.2. The van der Waals surface area contributed by atoms with Crippen LogP contribution in [0.5, 0.6) is 0 Å². The van der Waals surface area contributed by atoms with Gasteiger partial charge in [-0.2, -0.15) is 0 Å². The number of hydrogen-bond donors (Lipinski definition) is 2. The van der Waals surface area contributed by atoms with Gasteiger partial charge < -0.3 is 4.90 Å². The standard InChI is InChI=1S/C23H33N3.C7H9NS.C2H6/c1-6-7-8-21(15-18(2)3)20-11-9-19(10-12-20)17-26(5)23-16-25-14-13-22(23)24-4;9-8-6-7-4-2-1-3-5-7;1-2/h9-14,16,18,21H,4,6-8,15,17H2,1-3,5H3;1-5,8-9H,6H2;1-2H3. The van der Waals surface area contributed by atoms with Crippen LogP contribution in [0, 0.1) is 5.92 Å². The van der Waals surface area contributed by atoms with Crippen LogP contribution in [0.4, 0.5) is 11.4 Å². The molecule has 0 aliphatic heterocycles. The molecule has 1 atom stereocenters. The van der Waals surface area contributed by atoms with Gasteiger partial charge in [-0.15, -0.1) is 0 Å². The second-order valence-electron chi connectivity index (χ2n) is 9.41. The molecule has 1 unspecified atom stereocenters. The Morgan fingerprint density at radius 3 is 2.24 bits per heavy atom. The number of nitrogens with one attached hydrogen (secondary N) is 1. The van der Waals surface area contributed by atoms with Crippen molar-refractivity contribution in [2.75, 3.05) is 11.9 Å². The third kappa shape index (κ3) is 12.4. The number of nitrogens with zero attached hydrogens (tertiary/aromatic N) is 3. The molecule has 1 heterocycles. The van der Waals surface area contributed by atoms with E-state index in [9.17, 15) is 0 Å². The summed E-state index contributed by atoms with van der Waals surface area (Å²) in [6.07, 6.45) is 8.73. The largest absolute Gasteiger partial charge is 0.367 e. The lowest BCUT2D eigenvalue weighted by Crippen LogP contribution is -2.16. The Hall–Kier alpha value is -2.63. The predicted molar refractivity (Wildman–Crippen MR) is 167 cm³/mol. The van der Waals surface area contributed by atoms with E-state index in [4.69, 9.17) is 0 Å². The third-order valence-electron chi connectivity index (χ3n) is 6.02. The Morgan fingerprint density at radius 2 is 1.68 bits per heavy atom. The minimum absolute atomic E-state index is 0.677. The molecule has 0 radical (unpaired) electrons. The average molecular weight is 521 g/mol. The maximum atomic E-state index is 4.22. The zero-order chi connectivity index (χ0) is 27.5. The third-order valence-corrected chi connectivity index (χ3v) is 6.18. The van der Waals surface area contributed by atoms with Gasteiger partial charge in [0.1, 0.15) is 0 Å². The molecule has 202 valence electrons. The van der Waals surface area contributed by atoms with Crippen LogP contribution in [0.3, 0.4) is 0 Å². The second kappa shape index (κ2) is 19.5. The first-order chi connectivity index (χ1) is 18.0. The molecule has 5 heteroatoms. The number of aromatic nitrogens is 1. The average Bonchev–Trinajstić information content (AvgIpc) is 2.93. The molecule has 37 heavy (non-hydrogen) atoms. The van der Waals surface area contributed by atoms with Crippen LogP contribution in [0.1, 0.15) is 82.9 Å². The Balaban J connectivity index is 0.000000519. The number of rotatable bonds is 12. The molecule has 3 rings (SSSR count). The van der Waals surface area contributed by atoms with Crippen molar-refractivity contribution in [2.24, 2.45) is 10.9 Å². The summed E-state index contributed by atoms with van der Waals surface area (Å²) in [5.74, 6) is 1.41. The summed E-state index contributed by atoms with van der Waals surface area (Å²) >= 11 is 3.88. The fourth-order valence-corrected chi connectivity index (χ4v) is 4.37. The molecule has 0 bridgehead atoms. The number of unbranched alkanes of at least 4 members (excludes halogenated alkanes) is 1. The molecule has 4 nitrogen and oxygen atoms in total. The van der Waals surface area contributed by atoms with E-state index in [1.54, 1.807) is 6.20 Å². The number of anilines is 1. The number of thiol groups is 1. The van der Waals surface area contributed by atoms with Gasteiger partial charge in [0.05, 0.1) is 17.6 Å². The molecule has 0 saturated carbocycles. The zero-order valence-electron chi connectivity index (χ0n) is 23.8. The summed E-state index contributed by atoms with van der Waals surface area (Å²) in [5, 5.41) is 0. The molecule has 0 saturated heterocycles. The van der Waals surface area contributed by atoms with Crippen molar-refractivity contribution >= 4 is 30.9 Å². The van der Waals surface area contributed by atoms with E-state index in [-0.39, 0.29) is 0 Å². The lowest BCUT2D eigenvalue weighted by atomic mass is 9.86. The lowest BCUT2D eigenvalue weighted by Gasteiger charge is -2.22. The van der Waals surface area contributed by atoms with Crippen molar-refractivity contribution in [2.45, 2.75) is 79.3 Å². The van der Waals surface area contributed by atoms with E-state index in [0.717, 1.165) is 30.4 Å². The van der Waals surface area contributed by atoms with Crippen molar-refractivity contribution in [3.05, 3.63) is 89.7 Å². The highest BCUT2D eigenvalue weighted by molar-refractivity contribution is 7.78. The van der Waals surface area contributed by atoms with Crippen molar-refractivity contribution in [3.8, 4) is 0 Å². The van der Waals surface area contributed by atoms with Crippen molar-refractivity contribution in [1.29, 1.82) is 0 Å². The van der Waals surface area contributed by atoms with Gasteiger partial charge in [-0.25, -0.2) is 0 Å². The van der Waals surface area contributed by atoms with Gasteiger partial charge in [-0.3, -0.25) is 14.7 Å². The van der Waals surface area contributed by atoms with Crippen molar-refractivity contribution < 1.29 is 0 Å². The smallest absolute Gasteiger partial charge is 0.0887 e. The zero-order valence-corrected chi connectivity index (χ0v) is 24.7. The van der Waals surface area contributed by atoms with E-state index in [1.807, 2.05) is 44.3 Å². The normalized spacial score (nSPS) is 11.0. The fourth-order valence-electron chi connectivity index (χ4n) is 4.19. The van der Waals surface area contributed by atoms with Crippen molar-refractivity contribution in [1.82, 2.24) is 9.71 Å². The topological polar surface area (TPSA) is 40.5 Å². The number of hydrogen-bond acceptors (Lipinski definition) is 5. The highest BCUT2D eigenvalue weighted by Crippen LogP contribution is 2.30. The molecule has 2 aromatic carbocycles. The minimum atomic E-state index is 0.677. The molecule has 1 N–H and O–H groups in total. The number of benzene rings is 2. The maximum absolute atomic E-state index is 4.22. The quantitative estimate of drug-likeness (QED) is 0.185. The monoisotopic (exact) mass is 520 g/mol. The SMILES string of the molecule is C=Nc1ccncc1N(C)Cc1ccc(C(CCCC)CC(C)C)cc1.CC.SNCc1ccccc1. The van der Waals surface area contributed by atoms with E-state index in [2.05, 4.69) is 103 Å². The van der Waals surface area contributed by atoms with E-state index in [0.29, 0.717) is 5.92 Å². The van der Waals surface area contributed by atoms with Crippen molar-refractivity contribution in [3.63, 3.8) is 0 Å². The predicted octanol–water partition coefficient (Wildman–Crippen LogP) is 9.02. The summed E-state index contributed by atoms with van der Waals surface area (Å²) in [5.41, 5.74) is 5.91. The van der Waals surface area contributed by atoms with E-state index in [1.165, 1.54) is 42.4 Å². The Kier molecular flexibility index (Phi) is 17.1. The number of pyridine rings is 1. The molecular weight excluding hydrogens is 472 g/mol. The first-order valence-electron chi connectivity index (χ1n) is 13.6. The minimum Gasteiger partial charge on any atom is -0.367 e. The highest BCUT2D eigenvalue weighted by atomic mass is 32.1. The Bertz CT molecular complexity index is 974. The van der Waals surface area contributed by atoms with Gasteiger partial charge >= 0.3 is 0 Å². The van der Waals surface area contributed by atoms with Gasteiger partial charge in [0.15, 0.2) is 0 Å². The Labute approximate surface area is 232 Å². The maximum Gasteiger partial charge on any atom is 0.0887 e. The lowest BCUT2D eigenvalue weighted by molar-refractivity contribution is 0.464. The molecule has 0 aliphatic carbocycles. The second-order valence-corrected chi connectivity index (χ2v) is 9.73. The molecule has 0 aliphatic rings. The van der Waals surface area contributed by atoms with E-state index >= 15 is 0 Å². The fraction of sp³-hybridized carbons (Fsp3) is 0.438. The van der Waals surface area contributed by atoms with Crippen LogP contribution >= 0.6 is 12.8 Å². The highest BCUT2D eigenvalue weighted by Gasteiger charge is 2.14. The summed E-state index contributed by atoms with van der Waals surface area (Å²) < 4.78 is 2.78. The van der Waals surface area contributed by atoms with E-state index < -0.39 is 0 Å². The van der Waals surface area contributed by atoms with Crippen LogP contribution in [0.2, 0.25) is 0 Å². The van der Waals surface area contributed by atoms with Gasteiger partial charge in [-0.05, 0) is 54.2 Å². The van der Waals surface area contributed by atoms with Gasteiger partial charge in [0.25, 0.3) is 0 Å². The van der Waals surface area contributed by atoms with Crippen LogP contribution in [0.25, 0.3) is 0 Å². The van der Waals surface area contributed by atoms with Gasteiger partial charge in [0.2, 0.25) is 0 Å². The summed E-state index contributed by atoms with van der Waals surface area (Å²) in [6.45, 7) is 16.2. The van der Waals surface area contributed by atoms with Gasteiger partial charge in [-0.1, -0.05) is 115 Å². The van der Waals surface area contributed by atoms with Crippen LogP contribution in [-0.2, 0) is 13.1 Å². The Morgan fingerprint density at radius 1 is 1.00 bits per heavy atom. The van der Waals surface area contributed by atoms with Crippen LogP contribution in [-0.4, -0.2) is 18.7 Å². The summed E-state index contributed by atoms with van der Waals surface area (Å²) in [4.78, 5) is 10.5. The first-order valence-corrected chi connectivity index (χ1v) is 14.0. The molecule has 0 fully saturated rings. The van der Waals surface area contributed by atoms with Crippen LogP contribution in [0.15, 0.2) is 78.0 Å².